The van der Waals surface area contributed by atoms with E-state index >= 15 is 0 Å². The molecule has 0 saturated heterocycles. The maximum atomic E-state index is 12.6. The summed E-state index contributed by atoms with van der Waals surface area (Å²) in [6, 6.07) is 12.4. The van der Waals surface area contributed by atoms with Crippen LogP contribution in [0.5, 0.6) is 5.75 Å². The van der Waals surface area contributed by atoms with Crippen molar-refractivity contribution in [3.8, 4) is 5.75 Å². The number of rotatable bonds is 5. The van der Waals surface area contributed by atoms with Crippen molar-refractivity contribution in [3.05, 3.63) is 63.6 Å². The lowest BCUT2D eigenvalue weighted by molar-refractivity contribution is 0.0925. The van der Waals surface area contributed by atoms with Gasteiger partial charge in [0.2, 0.25) is 0 Å². The molecule has 0 aromatic heterocycles. The predicted octanol–water partition coefficient (Wildman–Crippen LogP) is 5.13. The first-order chi connectivity index (χ1) is 10.9. The SMILES string of the molecule is COc1ccc([C@H](NC(=O)c2cc(Cl)ccc2Cl)C(C)C)cc1. The average molecular weight is 352 g/mol. The topological polar surface area (TPSA) is 38.3 Å². The van der Waals surface area contributed by atoms with Gasteiger partial charge in [-0.3, -0.25) is 4.79 Å². The minimum Gasteiger partial charge on any atom is -0.497 e. The summed E-state index contributed by atoms with van der Waals surface area (Å²) in [6.45, 7) is 4.10. The second-order valence-electron chi connectivity index (χ2n) is 5.59. The molecule has 0 radical (unpaired) electrons. The minimum absolute atomic E-state index is 0.136. The van der Waals surface area contributed by atoms with Crippen LogP contribution >= 0.6 is 23.2 Å². The smallest absolute Gasteiger partial charge is 0.253 e. The number of hydrogen-bond donors (Lipinski definition) is 1. The van der Waals surface area contributed by atoms with Gasteiger partial charge in [-0.25, -0.2) is 0 Å². The number of nitrogens with one attached hydrogen (secondary N) is 1. The van der Waals surface area contributed by atoms with Gasteiger partial charge in [0.05, 0.1) is 23.7 Å². The van der Waals surface area contributed by atoms with Gasteiger partial charge in [0.25, 0.3) is 5.91 Å². The van der Waals surface area contributed by atoms with Gasteiger partial charge in [0.1, 0.15) is 5.75 Å². The molecule has 2 aromatic rings. The van der Waals surface area contributed by atoms with E-state index in [0.29, 0.717) is 15.6 Å². The quantitative estimate of drug-likeness (QED) is 0.810. The monoisotopic (exact) mass is 351 g/mol. The molecule has 0 fully saturated rings. The summed E-state index contributed by atoms with van der Waals surface area (Å²) in [6.07, 6.45) is 0. The Morgan fingerprint density at radius 1 is 1.09 bits per heavy atom. The van der Waals surface area contributed by atoms with Gasteiger partial charge in [0, 0.05) is 5.02 Å². The summed E-state index contributed by atoms with van der Waals surface area (Å²) >= 11 is 12.1. The molecule has 3 nitrogen and oxygen atoms in total. The van der Waals surface area contributed by atoms with Gasteiger partial charge >= 0.3 is 0 Å². The number of methoxy groups -OCH3 is 1. The Labute approximate surface area is 146 Å². The molecule has 0 aliphatic heterocycles. The summed E-state index contributed by atoms with van der Waals surface area (Å²) in [4.78, 5) is 12.6. The molecule has 0 saturated carbocycles. The number of carbonyl (C=O) groups is 1. The van der Waals surface area contributed by atoms with Crippen molar-refractivity contribution in [3.63, 3.8) is 0 Å². The molecule has 1 atom stereocenters. The highest BCUT2D eigenvalue weighted by molar-refractivity contribution is 6.35. The number of halogens is 2. The molecule has 0 heterocycles. The summed E-state index contributed by atoms with van der Waals surface area (Å²) in [7, 11) is 1.62. The lowest BCUT2D eigenvalue weighted by Crippen LogP contribution is -2.31. The van der Waals surface area contributed by atoms with Crippen LogP contribution in [0.15, 0.2) is 42.5 Å². The Morgan fingerprint density at radius 3 is 2.30 bits per heavy atom. The van der Waals surface area contributed by atoms with Crippen molar-refractivity contribution in [2.45, 2.75) is 19.9 Å². The van der Waals surface area contributed by atoms with Crippen LogP contribution in [0.3, 0.4) is 0 Å². The van der Waals surface area contributed by atoms with Crippen LogP contribution < -0.4 is 10.1 Å². The van der Waals surface area contributed by atoms with Gasteiger partial charge in [-0.1, -0.05) is 49.2 Å². The molecular formula is C18H19Cl2NO2. The molecule has 122 valence electrons. The minimum atomic E-state index is -0.244. The fourth-order valence-corrected chi connectivity index (χ4v) is 2.71. The first kappa shape index (κ1) is 17.6. The fourth-order valence-electron chi connectivity index (χ4n) is 2.34. The van der Waals surface area contributed by atoms with Crippen molar-refractivity contribution < 1.29 is 9.53 Å². The normalized spacial score (nSPS) is 12.1. The van der Waals surface area contributed by atoms with E-state index in [0.717, 1.165) is 11.3 Å². The Bertz CT molecular complexity index is 684. The standard InChI is InChI=1S/C18H19Cl2NO2/c1-11(2)17(12-4-7-14(23-3)8-5-12)21-18(22)15-10-13(19)6-9-16(15)20/h4-11,17H,1-3H3,(H,21,22)/t17-/m1/s1. The largest absolute Gasteiger partial charge is 0.497 e. The molecule has 0 spiro atoms. The average Bonchev–Trinajstić information content (AvgIpc) is 2.54. The van der Waals surface area contributed by atoms with Gasteiger partial charge in [-0.15, -0.1) is 0 Å². The van der Waals surface area contributed by atoms with Gasteiger partial charge in [-0.2, -0.15) is 0 Å². The number of carbonyl (C=O) groups excluding carboxylic acids is 1. The van der Waals surface area contributed by atoms with E-state index in [-0.39, 0.29) is 17.9 Å². The van der Waals surface area contributed by atoms with Crippen LogP contribution in [0.2, 0.25) is 10.0 Å². The third-order valence-corrected chi connectivity index (χ3v) is 4.17. The zero-order valence-corrected chi connectivity index (χ0v) is 14.8. The van der Waals surface area contributed by atoms with E-state index in [2.05, 4.69) is 19.2 Å². The number of benzene rings is 2. The van der Waals surface area contributed by atoms with E-state index < -0.39 is 0 Å². The van der Waals surface area contributed by atoms with Crippen molar-refractivity contribution in [1.29, 1.82) is 0 Å². The van der Waals surface area contributed by atoms with Crippen LogP contribution in [-0.4, -0.2) is 13.0 Å². The molecule has 2 rings (SSSR count). The third kappa shape index (κ3) is 4.40. The molecule has 5 heteroatoms. The van der Waals surface area contributed by atoms with E-state index in [9.17, 15) is 4.79 Å². The first-order valence-electron chi connectivity index (χ1n) is 7.32. The fraction of sp³-hybridized carbons (Fsp3) is 0.278. The highest BCUT2D eigenvalue weighted by Crippen LogP contribution is 2.26. The molecule has 0 bridgehead atoms. The molecule has 23 heavy (non-hydrogen) atoms. The molecule has 0 aliphatic carbocycles. The van der Waals surface area contributed by atoms with Gasteiger partial charge in [0.15, 0.2) is 0 Å². The summed E-state index contributed by atoms with van der Waals surface area (Å²) < 4.78 is 5.17. The highest BCUT2D eigenvalue weighted by Gasteiger charge is 2.20. The lowest BCUT2D eigenvalue weighted by Gasteiger charge is -2.23. The predicted molar refractivity (Wildman–Crippen MR) is 94.5 cm³/mol. The van der Waals surface area contributed by atoms with Crippen molar-refractivity contribution >= 4 is 29.1 Å². The molecular weight excluding hydrogens is 333 g/mol. The van der Waals surface area contributed by atoms with Crippen molar-refractivity contribution in [1.82, 2.24) is 5.32 Å². The van der Waals surface area contributed by atoms with E-state index in [1.54, 1.807) is 25.3 Å². The Kier molecular flexibility index (Phi) is 5.91. The van der Waals surface area contributed by atoms with Crippen LogP contribution in [0, 0.1) is 5.92 Å². The lowest BCUT2D eigenvalue weighted by atomic mass is 9.95. The first-order valence-corrected chi connectivity index (χ1v) is 8.08. The number of ether oxygens (including phenoxy) is 1. The Morgan fingerprint density at radius 2 is 1.74 bits per heavy atom. The molecule has 1 amide bonds. The van der Waals surface area contributed by atoms with Crippen molar-refractivity contribution in [2.24, 2.45) is 5.92 Å². The number of hydrogen-bond acceptors (Lipinski definition) is 2. The van der Waals surface area contributed by atoms with E-state index in [1.807, 2.05) is 24.3 Å². The van der Waals surface area contributed by atoms with Crippen LogP contribution in [0.1, 0.15) is 35.8 Å². The van der Waals surface area contributed by atoms with Gasteiger partial charge < -0.3 is 10.1 Å². The van der Waals surface area contributed by atoms with Crippen LogP contribution in [-0.2, 0) is 0 Å². The Hall–Kier alpha value is -1.71. The molecule has 2 aromatic carbocycles. The van der Waals surface area contributed by atoms with Gasteiger partial charge in [-0.05, 0) is 41.8 Å². The second-order valence-corrected chi connectivity index (χ2v) is 6.44. The second kappa shape index (κ2) is 7.71. The third-order valence-electron chi connectivity index (χ3n) is 3.60. The molecule has 0 aliphatic rings. The zero-order valence-electron chi connectivity index (χ0n) is 13.3. The molecule has 1 N–H and O–H groups in total. The van der Waals surface area contributed by atoms with E-state index in [4.69, 9.17) is 27.9 Å². The zero-order chi connectivity index (χ0) is 17.0. The van der Waals surface area contributed by atoms with Crippen LogP contribution in [0.4, 0.5) is 0 Å². The summed E-state index contributed by atoms with van der Waals surface area (Å²) in [5.74, 6) is 0.748. The van der Waals surface area contributed by atoms with E-state index in [1.165, 1.54) is 0 Å². The maximum Gasteiger partial charge on any atom is 0.253 e. The number of amides is 1. The Balaban J connectivity index is 2.24. The van der Waals surface area contributed by atoms with Crippen LogP contribution in [0.25, 0.3) is 0 Å². The maximum absolute atomic E-state index is 12.6. The molecule has 0 unspecified atom stereocenters. The van der Waals surface area contributed by atoms with Crippen molar-refractivity contribution in [2.75, 3.05) is 7.11 Å². The summed E-state index contributed by atoms with van der Waals surface area (Å²) in [5, 5.41) is 3.89. The summed E-state index contributed by atoms with van der Waals surface area (Å²) in [5.41, 5.74) is 1.38. The highest BCUT2D eigenvalue weighted by atomic mass is 35.5.